The third-order valence-electron chi connectivity index (χ3n) is 3.20. The van der Waals surface area contributed by atoms with E-state index in [1.165, 1.54) is 0 Å². The molecule has 90 valence electrons. The summed E-state index contributed by atoms with van der Waals surface area (Å²) in [6.07, 6.45) is 0. The number of hydrogen-bond acceptors (Lipinski definition) is 5. The lowest BCUT2D eigenvalue weighted by Gasteiger charge is -2.37. The average Bonchev–Trinajstić information content (AvgIpc) is 2.32. The van der Waals surface area contributed by atoms with Gasteiger partial charge in [-0.05, 0) is 27.0 Å². The first kappa shape index (κ1) is 11.8. The Morgan fingerprint density at radius 1 is 1.41 bits per heavy atom. The fraction of sp³-hybridized carbons (Fsp3) is 0.583. The molecule has 0 N–H and O–H groups in total. The molecule has 0 bridgehead atoms. The van der Waals surface area contributed by atoms with Crippen LogP contribution in [-0.2, 0) is 0 Å². The highest BCUT2D eigenvalue weighted by molar-refractivity contribution is 5.36. The Morgan fingerprint density at radius 3 is 2.82 bits per heavy atom. The summed E-state index contributed by atoms with van der Waals surface area (Å²) in [6.45, 7) is 6.90. The van der Waals surface area contributed by atoms with Gasteiger partial charge in [-0.3, -0.25) is 0 Å². The maximum atomic E-state index is 8.91. The SMILES string of the molecule is Cc1cc(C#N)nc(N2CCN(C)C(C)C2)n1. The summed E-state index contributed by atoms with van der Waals surface area (Å²) in [5, 5.41) is 8.91. The number of aromatic nitrogens is 2. The summed E-state index contributed by atoms with van der Waals surface area (Å²) in [6, 6.07) is 4.28. The van der Waals surface area contributed by atoms with E-state index in [0.717, 1.165) is 25.3 Å². The monoisotopic (exact) mass is 231 g/mol. The topological polar surface area (TPSA) is 56.1 Å². The van der Waals surface area contributed by atoms with Crippen molar-refractivity contribution in [3.63, 3.8) is 0 Å². The van der Waals surface area contributed by atoms with Gasteiger partial charge in [0.15, 0.2) is 0 Å². The number of anilines is 1. The molecule has 5 heteroatoms. The third kappa shape index (κ3) is 2.53. The zero-order valence-electron chi connectivity index (χ0n) is 10.5. The Hall–Kier alpha value is -1.67. The Labute approximate surface area is 102 Å². The van der Waals surface area contributed by atoms with Crippen LogP contribution in [0.3, 0.4) is 0 Å². The zero-order valence-corrected chi connectivity index (χ0v) is 10.5. The highest BCUT2D eigenvalue weighted by Crippen LogP contribution is 2.15. The van der Waals surface area contributed by atoms with Crippen molar-refractivity contribution in [3.8, 4) is 6.07 Å². The molecule has 2 rings (SSSR count). The zero-order chi connectivity index (χ0) is 12.4. The van der Waals surface area contributed by atoms with Crippen LogP contribution in [-0.4, -0.2) is 47.6 Å². The minimum absolute atomic E-state index is 0.444. The van der Waals surface area contributed by atoms with E-state index in [-0.39, 0.29) is 0 Å². The molecule has 5 nitrogen and oxygen atoms in total. The molecule has 1 aliphatic heterocycles. The predicted octanol–water partition coefficient (Wildman–Crippen LogP) is 0.797. The van der Waals surface area contributed by atoms with Crippen LogP contribution in [0.4, 0.5) is 5.95 Å². The highest BCUT2D eigenvalue weighted by Gasteiger charge is 2.22. The fourth-order valence-electron chi connectivity index (χ4n) is 1.98. The summed E-state index contributed by atoms with van der Waals surface area (Å²) in [4.78, 5) is 13.1. The van der Waals surface area contributed by atoms with E-state index < -0.39 is 0 Å². The summed E-state index contributed by atoms with van der Waals surface area (Å²) in [5.74, 6) is 0.682. The van der Waals surface area contributed by atoms with Gasteiger partial charge in [-0.1, -0.05) is 0 Å². The lowest BCUT2D eigenvalue weighted by molar-refractivity contribution is 0.232. The van der Waals surface area contributed by atoms with Crippen molar-refractivity contribution in [1.82, 2.24) is 14.9 Å². The number of nitriles is 1. The molecular formula is C12H17N5. The van der Waals surface area contributed by atoms with Gasteiger partial charge in [0.2, 0.25) is 5.95 Å². The number of likely N-dealkylation sites (N-methyl/N-ethyl adjacent to an activating group) is 1. The van der Waals surface area contributed by atoms with Crippen molar-refractivity contribution in [2.45, 2.75) is 19.9 Å². The quantitative estimate of drug-likeness (QED) is 0.715. The number of rotatable bonds is 1. The molecule has 1 atom stereocenters. The maximum absolute atomic E-state index is 8.91. The van der Waals surface area contributed by atoms with E-state index in [4.69, 9.17) is 5.26 Å². The highest BCUT2D eigenvalue weighted by atomic mass is 15.3. The van der Waals surface area contributed by atoms with Gasteiger partial charge in [-0.15, -0.1) is 0 Å². The molecule has 17 heavy (non-hydrogen) atoms. The molecule has 1 unspecified atom stereocenters. The molecule has 0 aromatic carbocycles. The van der Waals surface area contributed by atoms with Crippen molar-refractivity contribution in [3.05, 3.63) is 17.5 Å². The second-order valence-electron chi connectivity index (χ2n) is 4.58. The average molecular weight is 231 g/mol. The lowest BCUT2D eigenvalue weighted by atomic mass is 10.2. The normalized spacial score (nSPS) is 21.3. The molecule has 0 saturated carbocycles. The molecule has 0 radical (unpaired) electrons. The first-order valence-corrected chi connectivity index (χ1v) is 5.81. The van der Waals surface area contributed by atoms with Crippen molar-refractivity contribution < 1.29 is 0 Å². The Kier molecular flexibility index (Phi) is 3.25. The fourth-order valence-corrected chi connectivity index (χ4v) is 1.98. The van der Waals surface area contributed by atoms with E-state index in [1.54, 1.807) is 6.07 Å². The summed E-state index contributed by atoms with van der Waals surface area (Å²) < 4.78 is 0. The van der Waals surface area contributed by atoms with Gasteiger partial charge < -0.3 is 9.80 Å². The van der Waals surface area contributed by atoms with Crippen LogP contribution in [0.2, 0.25) is 0 Å². The third-order valence-corrected chi connectivity index (χ3v) is 3.20. The van der Waals surface area contributed by atoms with E-state index in [0.29, 0.717) is 17.7 Å². The van der Waals surface area contributed by atoms with Crippen LogP contribution < -0.4 is 4.90 Å². The molecule has 1 fully saturated rings. The molecule has 2 heterocycles. The maximum Gasteiger partial charge on any atom is 0.226 e. The van der Waals surface area contributed by atoms with Crippen LogP contribution in [0.5, 0.6) is 0 Å². The van der Waals surface area contributed by atoms with Crippen LogP contribution >= 0.6 is 0 Å². The predicted molar refractivity (Wildman–Crippen MR) is 65.8 cm³/mol. The second-order valence-corrected chi connectivity index (χ2v) is 4.58. The molecule has 1 saturated heterocycles. The Balaban J connectivity index is 2.23. The van der Waals surface area contributed by atoms with Gasteiger partial charge in [0.1, 0.15) is 11.8 Å². The molecule has 1 aromatic heterocycles. The first-order chi connectivity index (χ1) is 8.10. The Morgan fingerprint density at radius 2 is 2.18 bits per heavy atom. The van der Waals surface area contributed by atoms with E-state index in [2.05, 4.69) is 39.8 Å². The lowest BCUT2D eigenvalue weighted by Crippen LogP contribution is -2.50. The van der Waals surface area contributed by atoms with Crippen molar-refractivity contribution in [1.29, 1.82) is 5.26 Å². The smallest absolute Gasteiger partial charge is 0.226 e. The van der Waals surface area contributed by atoms with Crippen LogP contribution in [0.1, 0.15) is 18.3 Å². The van der Waals surface area contributed by atoms with Crippen molar-refractivity contribution in [2.24, 2.45) is 0 Å². The molecule has 0 spiro atoms. The van der Waals surface area contributed by atoms with E-state index in [1.807, 2.05) is 6.92 Å². The van der Waals surface area contributed by atoms with Gasteiger partial charge >= 0.3 is 0 Å². The summed E-state index contributed by atoms with van der Waals surface area (Å²) >= 11 is 0. The molecule has 0 aliphatic carbocycles. The van der Waals surface area contributed by atoms with E-state index in [9.17, 15) is 0 Å². The first-order valence-electron chi connectivity index (χ1n) is 5.81. The Bertz CT molecular complexity index is 451. The van der Waals surface area contributed by atoms with Gasteiger partial charge in [0.05, 0.1) is 0 Å². The summed E-state index contributed by atoms with van der Waals surface area (Å²) in [7, 11) is 2.12. The van der Waals surface area contributed by atoms with Crippen LogP contribution in [0, 0.1) is 18.3 Å². The molecular weight excluding hydrogens is 214 g/mol. The van der Waals surface area contributed by atoms with Crippen LogP contribution in [0.25, 0.3) is 0 Å². The number of nitrogens with zero attached hydrogens (tertiary/aromatic N) is 5. The van der Waals surface area contributed by atoms with E-state index >= 15 is 0 Å². The molecule has 1 aliphatic rings. The number of hydrogen-bond donors (Lipinski definition) is 0. The van der Waals surface area contributed by atoms with Gasteiger partial charge in [-0.2, -0.15) is 5.26 Å². The van der Waals surface area contributed by atoms with Gasteiger partial charge in [0, 0.05) is 31.4 Å². The largest absolute Gasteiger partial charge is 0.338 e. The van der Waals surface area contributed by atoms with Crippen molar-refractivity contribution in [2.75, 3.05) is 31.6 Å². The standard InChI is InChI=1S/C12H17N5/c1-9-6-11(7-13)15-12(14-9)17-5-4-16(3)10(2)8-17/h6,10H,4-5,8H2,1-3H3. The van der Waals surface area contributed by atoms with Gasteiger partial charge in [-0.25, -0.2) is 9.97 Å². The second kappa shape index (κ2) is 4.68. The minimum atomic E-state index is 0.444. The summed E-state index contributed by atoms with van der Waals surface area (Å²) in [5.41, 5.74) is 1.29. The van der Waals surface area contributed by atoms with Crippen LogP contribution in [0.15, 0.2) is 6.07 Å². The minimum Gasteiger partial charge on any atom is -0.338 e. The molecule has 1 aromatic rings. The number of aryl methyl sites for hydroxylation is 1. The number of piperazine rings is 1. The molecule has 0 amide bonds. The van der Waals surface area contributed by atoms with Gasteiger partial charge in [0.25, 0.3) is 0 Å². The van der Waals surface area contributed by atoms with Crippen molar-refractivity contribution >= 4 is 5.95 Å².